The van der Waals surface area contributed by atoms with Gasteiger partial charge in [0.2, 0.25) is 0 Å². The summed E-state index contributed by atoms with van der Waals surface area (Å²) in [6.07, 6.45) is 5.65. The van der Waals surface area contributed by atoms with Crippen LogP contribution in [-0.4, -0.2) is 57.8 Å². The maximum Gasteiger partial charge on any atom is 0.290 e. The minimum Gasteiger partial charge on any atom is -0.503 e. The van der Waals surface area contributed by atoms with Crippen LogP contribution >= 0.6 is 0 Å². The van der Waals surface area contributed by atoms with Crippen molar-refractivity contribution in [1.82, 2.24) is 14.8 Å². The van der Waals surface area contributed by atoms with Crippen molar-refractivity contribution in [2.24, 2.45) is 0 Å². The van der Waals surface area contributed by atoms with E-state index < -0.39 is 17.7 Å². The fourth-order valence-electron chi connectivity index (χ4n) is 3.38. The lowest BCUT2D eigenvalue weighted by Crippen LogP contribution is -2.37. The van der Waals surface area contributed by atoms with Crippen molar-refractivity contribution in [1.29, 1.82) is 0 Å². The number of nitrogens with zero attached hydrogens (tertiary/aromatic N) is 3. The molecule has 3 heterocycles. The number of rotatable bonds is 5. The molecule has 3 rings (SSSR count). The van der Waals surface area contributed by atoms with Crippen molar-refractivity contribution in [2.75, 3.05) is 26.2 Å². The van der Waals surface area contributed by atoms with Crippen LogP contribution in [0, 0.1) is 0 Å². The molecule has 1 aromatic heterocycles. The molecule has 1 aromatic rings. The lowest BCUT2D eigenvalue weighted by molar-refractivity contribution is -0.129. The summed E-state index contributed by atoms with van der Waals surface area (Å²) in [5.41, 5.74) is 0.918. The molecule has 0 aliphatic carbocycles. The molecule has 2 aliphatic rings. The molecular formula is C17H21N3O3. The van der Waals surface area contributed by atoms with Gasteiger partial charge in [-0.1, -0.05) is 6.07 Å². The van der Waals surface area contributed by atoms with Gasteiger partial charge >= 0.3 is 0 Å². The van der Waals surface area contributed by atoms with Crippen molar-refractivity contribution in [2.45, 2.75) is 25.8 Å². The summed E-state index contributed by atoms with van der Waals surface area (Å²) < 4.78 is 0. The first-order chi connectivity index (χ1) is 11.1. The molecule has 2 aliphatic heterocycles. The fraction of sp³-hybridized carbons (Fsp3) is 0.471. The summed E-state index contributed by atoms with van der Waals surface area (Å²) in [7, 11) is 0. The van der Waals surface area contributed by atoms with Crippen molar-refractivity contribution in [3.63, 3.8) is 0 Å². The third-order valence-electron chi connectivity index (χ3n) is 4.54. The van der Waals surface area contributed by atoms with E-state index in [4.69, 9.17) is 0 Å². The summed E-state index contributed by atoms with van der Waals surface area (Å²) >= 11 is 0. The SMILES string of the molecule is CC(=O)C1=C(O)C(=O)N(CCN2CCCC2)C1c1cccnc1. The molecule has 1 atom stereocenters. The summed E-state index contributed by atoms with van der Waals surface area (Å²) in [4.78, 5) is 32.4. The molecule has 6 nitrogen and oxygen atoms in total. The Balaban J connectivity index is 1.87. The first-order valence-electron chi connectivity index (χ1n) is 7.97. The molecule has 0 saturated carbocycles. The predicted molar refractivity (Wildman–Crippen MR) is 84.7 cm³/mol. The van der Waals surface area contributed by atoms with Crippen molar-refractivity contribution < 1.29 is 14.7 Å². The second-order valence-corrected chi connectivity index (χ2v) is 6.05. The number of carbonyl (C=O) groups is 2. The standard InChI is InChI=1S/C17H21N3O3/c1-12(21)14-15(13-5-4-6-18-11-13)20(17(23)16(14)22)10-9-19-7-2-3-8-19/h4-6,11,15,22H,2-3,7-10H2,1H3. The molecule has 1 fully saturated rings. The van der Waals surface area contributed by atoms with Crippen LogP contribution in [0.1, 0.15) is 31.4 Å². The first-order valence-corrected chi connectivity index (χ1v) is 7.97. The van der Waals surface area contributed by atoms with Gasteiger partial charge in [0.1, 0.15) is 0 Å². The van der Waals surface area contributed by atoms with E-state index in [1.165, 1.54) is 19.8 Å². The van der Waals surface area contributed by atoms with Gasteiger partial charge in [-0.05, 0) is 44.5 Å². The molecule has 122 valence electrons. The van der Waals surface area contributed by atoms with Gasteiger partial charge in [0.25, 0.3) is 5.91 Å². The minimum absolute atomic E-state index is 0.171. The number of carbonyl (C=O) groups excluding carboxylic acids is 2. The number of hydrogen-bond acceptors (Lipinski definition) is 5. The van der Waals surface area contributed by atoms with Crippen LogP contribution in [0.2, 0.25) is 0 Å². The average molecular weight is 315 g/mol. The fourth-order valence-corrected chi connectivity index (χ4v) is 3.38. The Hall–Kier alpha value is -2.21. The Labute approximate surface area is 135 Å². The first kappa shape index (κ1) is 15.7. The normalized spacial score (nSPS) is 22.2. The number of hydrogen-bond donors (Lipinski definition) is 1. The Morgan fingerprint density at radius 1 is 1.35 bits per heavy atom. The predicted octanol–water partition coefficient (Wildman–Crippen LogP) is 1.46. The monoisotopic (exact) mass is 315 g/mol. The zero-order valence-electron chi connectivity index (χ0n) is 13.2. The van der Waals surface area contributed by atoms with Crippen LogP contribution in [0.15, 0.2) is 35.9 Å². The van der Waals surface area contributed by atoms with Crippen molar-refractivity contribution in [3.05, 3.63) is 41.4 Å². The maximum absolute atomic E-state index is 12.4. The van der Waals surface area contributed by atoms with Gasteiger partial charge in [-0.2, -0.15) is 0 Å². The summed E-state index contributed by atoms with van der Waals surface area (Å²) in [5, 5.41) is 10.2. The minimum atomic E-state index is -0.545. The molecule has 0 spiro atoms. The van der Waals surface area contributed by atoms with Gasteiger partial charge in [-0.15, -0.1) is 0 Å². The molecule has 6 heteroatoms. The molecule has 0 bridgehead atoms. The summed E-state index contributed by atoms with van der Waals surface area (Å²) in [6.45, 7) is 4.70. The number of ketones is 1. The van der Waals surface area contributed by atoms with Gasteiger partial charge in [0.05, 0.1) is 11.6 Å². The van der Waals surface area contributed by atoms with E-state index in [1.54, 1.807) is 23.4 Å². The Morgan fingerprint density at radius 2 is 2.09 bits per heavy atom. The second-order valence-electron chi connectivity index (χ2n) is 6.05. The molecular weight excluding hydrogens is 294 g/mol. The van der Waals surface area contributed by atoms with Crippen LogP contribution in [-0.2, 0) is 9.59 Å². The number of aromatic nitrogens is 1. The molecule has 0 aromatic carbocycles. The van der Waals surface area contributed by atoms with E-state index in [9.17, 15) is 14.7 Å². The molecule has 1 saturated heterocycles. The topological polar surface area (TPSA) is 73.7 Å². The van der Waals surface area contributed by atoms with Gasteiger partial charge < -0.3 is 14.9 Å². The van der Waals surface area contributed by atoms with Crippen LogP contribution in [0.5, 0.6) is 0 Å². The van der Waals surface area contributed by atoms with E-state index in [-0.39, 0.29) is 11.4 Å². The van der Waals surface area contributed by atoms with Crippen LogP contribution in [0.3, 0.4) is 0 Å². The molecule has 1 unspecified atom stereocenters. The number of pyridine rings is 1. The highest BCUT2D eigenvalue weighted by Gasteiger charge is 2.42. The van der Waals surface area contributed by atoms with Gasteiger partial charge in [0, 0.05) is 25.5 Å². The molecule has 1 amide bonds. The summed E-state index contributed by atoms with van der Waals surface area (Å²) in [6, 6.07) is 3.05. The highest BCUT2D eigenvalue weighted by Crippen LogP contribution is 2.37. The van der Waals surface area contributed by atoms with Gasteiger partial charge in [0.15, 0.2) is 11.5 Å². The average Bonchev–Trinajstić information content (AvgIpc) is 3.14. The van der Waals surface area contributed by atoms with Gasteiger partial charge in [-0.3, -0.25) is 14.6 Å². The van der Waals surface area contributed by atoms with E-state index in [0.717, 1.165) is 25.2 Å². The zero-order valence-corrected chi connectivity index (χ0v) is 13.2. The van der Waals surface area contributed by atoms with Crippen molar-refractivity contribution in [3.8, 4) is 0 Å². The van der Waals surface area contributed by atoms with Crippen LogP contribution < -0.4 is 0 Å². The third-order valence-corrected chi connectivity index (χ3v) is 4.54. The number of aliphatic hydroxyl groups excluding tert-OH is 1. The van der Waals surface area contributed by atoms with E-state index >= 15 is 0 Å². The second kappa shape index (κ2) is 6.50. The smallest absolute Gasteiger partial charge is 0.290 e. The number of likely N-dealkylation sites (tertiary alicyclic amines) is 1. The summed E-state index contributed by atoms with van der Waals surface area (Å²) in [5.74, 6) is -1.18. The lowest BCUT2D eigenvalue weighted by atomic mass is 9.98. The molecule has 1 N–H and O–H groups in total. The lowest BCUT2D eigenvalue weighted by Gasteiger charge is -2.28. The van der Waals surface area contributed by atoms with Crippen LogP contribution in [0.25, 0.3) is 0 Å². The highest BCUT2D eigenvalue weighted by atomic mass is 16.3. The maximum atomic E-state index is 12.4. The van der Waals surface area contributed by atoms with E-state index in [1.807, 2.05) is 6.07 Å². The van der Waals surface area contributed by atoms with Crippen molar-refractivity contribution >= 4 is 11.7 Å². The number of amides is 1. The number of Topliss-reactive ketones (excluding diaryl/α,β-unsaturated/α-hetero) is 1. The quantitative estimate of drug-likeness (QED) is 0.890. The highest BCUT2D eigenvalue weighted by molar-refractivity contribution is 6.08. The Bertz CT molecular complexity index is 636. The molecule has 23 heavy (non-hydrogen) atoms. The van der Waals surface area contributed by atoms with Gasteiger partial charge in [-0.25, -0.2) is 0 Å². The third kappa shape index (κ3) is 2.99. The zero-order chi connectivity index (χ0) is 16.4. The van der Waals surface area contributed by atoms with E-state index in [2.05, 4.69) is 9.88 Å². The Kier molecular flexibility index (Phi) is 4.43. The Morgan fingerprint density at radius 3 is 2.70 bits per heavy atom. The molecule has 0 radical (unpaired) electrons. The number of aliphatic hydroxyl groups is 1. The largest absolute Gasteiger partial charge is 0.503 e. The van der Waals surface area contributed by atoms with Crippen LogP contribution in [0.4, 0.5) is 0 Å². The van der Waals surface area contributed by atoms with E-state index in [0.29, 0.717) is 6.54 Å².